The lowest BCUT2D eigenvalue weighted by Crippen LogP contribution is -2.33. The number of carbonyl (C=O) groups is 3. The third kappa shape index (κ3) is 5.24. The van der Waals surface area contributed by atoms with Gasteiger partial charge in [-0.15, -0.1) is 0 Å². The lowest BCUT2D eigenvalue weighted by Gasteiger charge is -2.31. The van der Waals surface area contributed by atoms with Gasteiger partial charge in [-0.1, -0.05) is 46.9 Å². The van der Waals surface area contributed by atoms with Crippen molar-refractivity contribution in [2.45, 2.75) is 36.6 Å². The SMILES string of the molecule is CCOc1cc(C2c3sc(=O)n(CC(=O)Nc4ccc(OC)cc4)c3SC3C(=O)N(c4ccc(C)cc4)C(=O)C32)ccc1O. The molecule has 44 heavy (non-hydrogen) atoms. The van der Waals surface area contributed by atoms with Crippen LogP contribution in [0.1, 0.15) is 28.8 Å². The molecule has 226 valence electrons. The van der Waals surface area contributed by atoms with Crippen molar-refractivity contribution in [2.24, 2.45) is 5.92 Å². The Morgan fingerprint density at radius 1 is 1.00 bits per heavy atom. The van der Waals surface area contributed by atoms with Crippen LogP contribution in [0.4, 0.5) is 11.4 Å². The average molecular weight is 632 g/mol. The van der Waals surface area contributed by atoms with Crippen molar-refractivity contribution in [3.05, 3.63) is 92.4 Å². The maximum atomic E-state index is 14.1. The molecule has 0 radical (unpaired) electrons. The van der Waals surface area contributed by atoms with E-state index in [1.807, 2.05) is 19.1 Å². The molecule has 0 aliphatic carbocycles. The van der Waals surface area contributed by atoms with E-state index < -0.39 is 23.0 Å². The Hall–Kier alpha value is -4.55. The Bertz CT molecular complexity index is 1810. The number of imide groups is 1. The number of nitrogens with zero attached hydrogens (tertiary/aromatic N) is 2. The topological polar surface area (TPSA) is 127 Å². The summed E-state index contributed by atoms with van der Waals surface area (Å²) in [4.78, 5) is 55.9. The molecule has 2 aliphatic rings. The first-order valence-corrected chi connectivity index (χ1v) is 15.6. The number of hydrogen-bond donors (Lipinski definition) is 2. The maximum Gasteiger partial charge on any atom is 0.308 e. The molecule has 1 saturated heterocycles. The highest BCUT2D eigenvalue weighted by Gasteiger charge is 2.57. The minimum absolute atomic E-state index is 0.0615. The van der Waals surface area contributed by atoms with Crippen LogP contribution in [0.2, 0.25) is 0 Å². The van der Waals surface area contributed by atoms with Gasteiger partial charge in [-0.3, -0.25) is 23.7 Å². The number of fused-ring (bicyclic) bond motifs is 2. The van der Waals surface area contributed by atoms with Crippen molar-refractivity contribution in [2.75, 3.05) is 23.9 Å². The van der Waals surface area contributed by atoms with Gasteiger partial charge in [0, 0.05) is 16.5 Å². The molecular formula is C32H29N3O7S2. The van der Waals surface area contributed by atoms with E-state index in [9.17, 15) is 24.3 Å². The fraction of sp³-hybridized carbons (Fsp3) is 0.250. The average Bonchev–Trinajstić information content (AvgIpc) is 3.45. The Morgan fingerprint density at radius 2 is 1.73 bits per heavy atom. The highest BCUT2D eigenvalue weighted by molar-refractivity contribution is 8.00. The molecule has 0 spiro atoms. The van der Waals surface area contributed by atoms with E-state index in [0.717, 1.165) is 28.7 Å². The fourth-order valence-electron chi connectivity index (χ4n) is 5.58. The number of aryl methyl sites for hydroxylation is 1. The highest BCUT2D eigenvalue weighted by atomic mass is 32.2. The summed E-state index contributed by atoms with van der Waals surface area (Å²) in [5.41, 5.74) is 2.62. The number of phenolic OH excluding ortho intramolecular Hbond substituents is 1. The Balaban J connectivity index is 1.41. The summed E-state index contributed by atoms with van der Waals surface area (Å²) in [6, 6.07) is 18.8. The van der Waals surface area contributed by atoms with Gasteiger partial charge in [-0.25, -0.2) is 4.90 Å². The standard InChI is InChI=1S/C32H29N3O7S2/c1-4-42-23-15-18(7-14-22(23)36)25-26-27(30(39)35(29(26)38)20-10-5-17(2)6-11-20)43-31-28(25)44-32(40)34(31)16-24(37)33-19-8-12-21(41-3)13-9-19/h5-15,25-27,36H,4,16H2,1-3H3,(H,33,37). The normalized spacial score (nSPS) is 19.0. The molecule has 10 nitrogen and oxygen atoms in total. The number of amides is 3. The van der Waals surface area contributed by atoms with Crippen LogP contribution in [0.25, 0.3) is 0 Å². The van der Waals surface area contributed by atoms with Crippen LogP contribution >= 0.6 is 23.1 Å². The minimum atomic E-state index is -0.837. The molecule has 0 bridgehead atoms. The molecule has 1 aromatic heterocycles. The summed E-state index contributed by atoms with van der Waals surface area (Å²) in [6.45, 7) is 3.74. The number of carbonyl (C=O) groups excluding carboxylic acids is 3. The quantitative estimate of drug-likeness (QED) is 0.267. The van der Waals surface area contributed by atoms with Gasteiger partial charge < -0.3 is 19.9 Å². The van der Waals surface area contributed by atoms with Crippen molar-refractivity contribution in [1.29, 1.82) is 0 Å². The third-order valence-corrected chi connectivity index (χ3v) is 10.3. The number of nitrogens with one attached hydrogen (secondary N) is 1. The number of hydrogen-bond acceptors (Lipinski definition) is 9. The molecule has 12 heteroatoms. The number of thiazole rings is 1. The lowest BCUT2D eigenvalue weighted by molar-refractivity contribution is -0.122. The van der Waals surface area contributed by atoms with Crippen LogP contribution in [-0.2, 0) is 20.9 Å². The van der Waals surface area contributed by atoms with E-state index in [1.54, 1.807) is 62.6 Å². The maximum absolute atomic E-state index is 14.1. The molecule has 2 N–H and O–H groups in total. The Morgan fingerprint density at radius 3 is 2.41 bits per heavy atom. The number of methoxy groups -OCH3 is 1. The molecule has 3 aromatic carbocycles. The molecule has 0 saturated carbocycles. The van der Waals surface area contributed by atoms with Crippen LogP contribution in [0.5, 0.6) is 17.2 Å². The summed E-state index contributed by atoms with van der Waals surface area (Å²) in [5, 5.41) is 12.8. The van der Waals surface area contributed by atoms with Gasteiger partial charge in [0.1, 0.15) is 17.5 Å². The van der Waals surface area contributed by atoms with Crippen molar-refractivity contribution in [3.63, 3.8) is 0 Å². The number of rotatable bonds is 8. The largest absolute Gasteiger partial charge is 0.504 e. The molecule has 1 fully saturated rings. The zero-order valence-corrected chi connectivity index (χ0v) is 25.7. The predicted molar refractivity (Wildman–Crippen MR) is 168 cm³/mol. The monoisotopic (exact) mass is 631 g/mol. The van der Waals surface area contributed by atoms with Crippen LogP contribution < -0.4 is 24.6 Å². The minimum Gasteiger partial charge on any atom is -0.504 e. The zero-order chi connectivity index (χ0) is 31.1. The van der Waals surface area contributed by atoms with Gasteiger partial charge in [0.15, 0.2) is 11.5 Å². The summed E-state index contributed by atoms with van der Waals surface area (Å²) >= 11 is 2.09. The first-order valence-electron chi connectivity index (χ1n) is 13.9. The first-order chi connectivity index (χ1) is 21.2. The van der Waals surface area contributed by atoms with Gasteiger partial charge in [-0.05, 0) is 67.9 Å². The molecule has 3 atom stereocenters. The van der Waals surface area contributed by atoms with Gasteiger partial charge in [0.05, 0.1) is 30.3 Å². The number of phenols is 1. The number of aromatic hydroxyl groups is 1. The van der Waals surface area contributed by atoms with Crippen LogP contribution in [-0.4, -0.2) is 46.4 Å². The molecule has 6 rings (SSSR count). The zero-order valence-electron chi connectivity index (χ0n) is 24.1. The molecule has 3 heterocycles. The molecule has 3 unspecified atom stereocenters. The van der Waals surface area contributed by atoms with Crippen LogP contribution in [0, 0.1) is 12.8 Å². The number of anilines is 2. The lowest BCUT2D eigenvalue weighted by atomic mass is 9.83. The van der Waals surface area contributed by atoms with Crippen LogP contribution in [0.15, 0.2) is 76.6 Å². The van der Waals surface area contributed by atoms with Gasteiger partial charge in [0.2, 0.25) is 17.7 Å². The van der Waals surface area contributed by atoms with E-state index in [0.29, 0.717) is 39.2 Å². The summed E-state index contributed by atoms with van der Waals surface area (Å²) < 4.78 is 12.2. The van der Waals surface area contributed by atoms with Crippen molar-refractivity contribution in [3.8, 4) is 17.2 Å². The second-order valence-corrected chi connectivity index (χ2v) is 12.6. The van der Waals surface area contributed by atoms with E-state index in [1.165, 1.54) is 15.5 Å². The first kappa shape index (κ1) is 29.5. The van der Waals surface area contributed by atoms with Gasteiger partial charge >= 0.3 is 4.87 Å². The van der Waals surface area contributed by atoms with Crippen molar-refractivity contribution >= 4 is 52.2 Å². The van der Waals surface area contributed by atoms with E-state index in [-0.39, 0.29) is 34.7 Å². The Kier molecular flexibility index (Phi) is 7.95. The predicted octanol–water partition coefficient (Wildman–Crippen LogP) is 4.77. The Labute approximate surface area is 261 Å². The van der Waals surface area contributed by atoms with Gasteiger partial charge in [0.25, 0.3) is 0 Å². The number of aromatic nitrogens is 1. The summed E-state index contributed by atoms with van der Waals surface area (Å²) in [5.74, 6) is -1.88. The van der Waals surface area contributed by atoms with Crippen molar-refractivity contribution in [1.82, 2.24) is 4.57 Å². The summed E-state index contributed by atoms with van der Waals surface area (Å²) in [6.07, 6.45) is 0. The van der Waals surface area contributed by atoms with Crippen LogP contribution in [0.3, 0.4) is 0 Å². The fourth-order valence-corrected chi connectivity index (χ4v) is 8.35. The smallest absolute Gasteiger partial charge is 0.308 e. The second kappa shape index (κ2) is 11.9. The molecule has 4 aromatic rings. The second-order valence-electron chi connectivity index (χ2n) is 10.4. The van der Waals surface area contributed by atoms with E-state index in [2.05, 4.69) is 5.32 Å². The molecule has 2 aliphatic heterocycles. The van der Waals surface area contributed by atoms with E-state index >= 15 is 0 Å². The van der Waals surface area contributed by atoms with E-state index in [4.69, 9.17) is 9.47 Å². The number of thioether (sulfide) groups is 1. The van der Waals surface area contributed by atoms with Crippen molar-refractivity contribution < 1.29 is 29.0 Å². The number of benzene rings is 3. The van der Waals surface area contributed by atoms with Gasteiger partial charge in [-0.2, -0.15) is 0 Å². The molecule has 3 amide bonds. The highest BCUT2D eigenvalue weighted by Crippen LogP contribution is 2.54. The number of ether oxygens (including phenoxy) is 2. The summed E-state index contributed by atoms with van der Waals surface area (Å²) in [7, 11) is 1.55. The third-order valence-electron chi connectivity index (χ3n) is 7.66. The molecular weight excluding hydrogens is 603 g/mol.